The van der Waals surface area contributed by atoms with Gasteiger partial charge in [-0.3, -0.25) is 4.79 Å². The van der Waals surface area contributed by atoms with Gasteiger partial charge in [-0.25, -0.2) is 0 Å². The lowest BCUT2D eigenvalue weighted by atomic mass is 10.0. The molecule has 1 aromatic carbocycles. The molecule has 1 aliphatic heterocycles. The third-order valence-electron chi connectivity index (χ3n) is 3.73. The summed E-state index contributed by atoms with van der Waals surface area (Å²) < 4.78 is 0. The fourth-order valence-electron chi connectivity index (χ4n) is 2.57. The van der Waals surface area contributed by atoms with E-state index in [1.807, 2.05) is 17.9 Å². The predicted molar refractivity (Wildman–Crippen MR) is 90.4 cm³/mol. The van der Waals surface area contributed by atoms with Crippen LogP contribution in [0.15, 0.2) is 48.6 Å². The zero-order valence-electron chi connectivity index (χ0n) is 13.1. The van der Waals surface area contributed by atoms with E-state index in [-0.39, 0.29) is 5.91 Å². The van der Waals surface area contributed by atoms with Crippen LogP contribution in [0.1, 0.15) is 38.3 Å². The number of fused-ring (bicyclic) bond motifs is 1. The van der Waals surface area contributed by atoms with Crippen LogP contribution in [0.2, 0.25) is 0 Å². The second kappa shape index (κ2) is 6.57. The molecule has 0 saturated carbocycles. The molecule has 1 aromatic rings. The molecule has 21 heavy (non-hydrogen) atoms. The van der Waals surface area contributed by atoms with Gasteiger partial charge >= 0.3 is 0 Å². The number of carbonyl (C=O) groups excluding carboxylic acids is 1. The molecule has 2 nitrogen and oxygen atoms in total. The highest BCUT2D eigenvalue weighted by Crippen LogP contribution is 2.31. The molecule has 0 fully saturated rings. The van der Waals surface area contributed by atoms with Crippen molar-refractivity contribution < 1.29 is 4.79 Å². The fourth-order valence-corrected chi connectivity index (χ4v) is 2.57. The van der Waals surface area contributed by atoms with Gasteiger partial charge in [-0.15, -0.1) is 0 Å². The molecule has 0 bridgehead atoms. The van der Waals surface area contributed by atoms with Crippen LogP contribution >= 0.6 is 0 Å². The van der Waals surface area contributed by atoms with Crippen LogP contribution < -0.4 is 4.90 Å². The number of carbonyl (C=O) groups is 1. The Balaban J connectivity index is 2.35. The van der Waals surface area contributed by atoms with E-state index < -0.39 is 0 Å². The monoisotopic (exact) mass is 281 g/mol. The average Bonchev–Trinajstić information content (AvgIpc) is 2.90. The fraction of sp³-hybridized carbons (Fsp3) is 0.316. The Bertz CT molecular complexity index is 618. The maximum atomic E-state index is 11.9. The summed E-state index contributed by atoms with van der Waals surface area (Å²) in [5.74, 6) is 0.200. The number of amides is 1. The number of nitrogens with zero attached hydrogens (tertiary/aromatic N) is 1. The summed E-state index contributed by atoms with van der Waals surface area (Å²) in [5, 5.41) is 0. The molecule has 1 heterocycles. The second-order valence-corrected chi connectivity index (χ2v) is 5.56. The van der Waals surface area contributed by atoms with E-state index in [1.54, 1.807) is 0 Å². The Kier molecular flexibility index (Phi) is 4.79. The molecule has 0 aliphatic carbocycles. The average molecular weight is 281 g/mol. The first-order valence-corrected chi connectivity index (χ1v) is 7.48. The van der Waals surface area contributed by atoms with Crippen molar-refractivity contribution in [2.24, 2.45) is 0 Å². The summed E-state index contributed by atoms with van der Waals surface area (Å²) in [6.07, 6.45) is 7.55. The molecule has 1 aliphatic rings. The largest absolute Gasteiger partial charge is 0.312 e. The predicted octanol–water partition coefficient (Wildman–Crippen LogP) is 4.52. The first kappa shape index (κ1) is 15.3. The SMILES string of the molecule is C=C/C(=C\C=C(C)C)c1ccc2c(c1)CCN2C(=O)CC. The lowest BCUT2D eigenvalue weighted by Crippen LogP contribution is -2.27. The third kappa shape index (κ3) is 3.33. The minimum absolute atomic E-state index is 0.200. The Morgan fingerprint density at radius 3 is 2.71 bits per heavy atom. The van der Waals surface area contributed by atoms with Crippen LogP contribution in [-0.4, -0.2) is 12.5 Å². The number of anilines is 1. The van der Waals surface area contributed by atoms with Gasteiger partial charge in [-0.05, 0) is 49.1 Å². The minimum Gasteiger partial charge on any atom is -0.312 e. The van der Waals surface area contributed by atoms with Crippen molar-refractivity contribution in [3.05, 3.63) is 59.7 Å². The highest BCUT2D eigenvalue weighted by Gasteiger charge is 2.23. The quantitative estimate of drug-likeness (QED) is 0.743. The van der Waals surface area contributed by atoms with Crippen LogP contribution in [0.4, 0.5) is 5.69 Å². The van der Waals surface area contributed by atoms with Crippen LogP contribution in [0.25, 0.3) is 5.57 Å². The molecule has 0 N–H and O–H groups in total. The van der Waals surface area contributed by atoms with E-state index in [2.05, 4.69) is 50.8 Å². The lowest BCUT2D eigenvalue weighted by molar-refractivity contribution is -0.118. The Hall–Kier alpha value is -2.09. The zero-order valence-corrected chi connectivity index (χ0v) is 13.1. The maximum absolute atomic E-state index is 11.9. The van der Waals surface area contributed by atoms with Gasteiger partial charge in [-0.2, -0.15) is 0 Å². The molecular weight excluding hydrogens is 258 g/mol. The normalized spacial score (nSPS) is 13.9. The molecule has 0 aromatic heterocycles. The molecule has 0 radical (unpaired) electrons. The number of rotatable bonds is 4. The van der Waals surface area contributed by atoms with Gasteiger partial charge in [0.05, 0.1) is 0 Å². The Labute approximate surface area is 127 Å². The summed E-state index contributed by atoms with van der Waals surface area (Å²) in [7, 11) is 0. The zero-order chi connectivity index (χ0) is 15.4. The van der Waals surface area contributed by atoms with E-state index in [9.17, 15) is 4.79 Å². The summed E-state index contributed by atoms with van der Waals surface area (Å²) in [6.45, 7) is 10.8. The van der Waals surface area contributed by atoms with Crippen molar-refractivity contribution >= 4 is 17.2 Å². The molecule has 110 valence electrons. The maximum Gasteiger partial charge on any atom is 0.226 e. The molecule has 0 unspecified atom stereocenters. The van der Waals surface area contributed by atoms with Gasteiger partial charge in [-0.1, -0.05) is 43.4 Å². The van der Waals surface area contributed by atoms with Crippen LogP contribution in [0.5, 0.6) is 0 Å². The van der Waals surface area contributed by atoms with E-state index in [4.69, 9.17) is 0 Å². The van der Waals surface area contributed by atoms with Gasteiger partial charge in [0.1, 0.15) is 0 Å². The summed E-state index contributed by atoms with van der Waals surface area (Å²) >= 11 is 0. The van der Waals surface area contributed by atoms with Gasteiger partial charge in [0, 0.05) is 18.7 Å². The summed E-state index contributed by atoms with van der Waals surface area (Å²) in [5.41, 5.74) is 5.84. The highest BCUT2D eigenvalue weighted by atomic mass is 16.2. The highest BCUT2D eigenvalue weighted by molar-refractivity contribution is 5.95. The van der Waals surface area contributed by atoms with Crippen molar-refractivity contribution in [3.63, 3.8) is 0 Å². The number of hydrogen-bond acceptors (Lipinski definition) is 1. The first-order valence-electron chi connectivity index (χ1n) is 7.48. The number of benzene rings is 1. The number of hydrogen-bond donors (Lipinski definition) is 0. The summed E-state index contributed by atoms with van der Waals surface area (Å²) in [6, 6.07) is 6.32. The van der Waals surface area contributed by atoms with Gasteiger partial charge in [0.25, 0.3) is 0 Å². The molecule has 0 saturated heterocycles. The van der Waals surface area contributed by atoms with Crippen LogP contribution in [0, 0.1) is 0 Å². The first-order chi connectivity index (χ1) is 10.1. The standard InChI is InChI=1S/C19H23NO/c1-5-15(8-7-14(3)4)16-9-10-18-17(13-16)11-12-20(18)19(21)6-2/h5,7-10,13H,1,6,11-12H2,2-4H3/b15-8+. The van der Waals surface area contributed by atoms with E-state index in [0.29, 0.717) is 6.42 Å². The van der Waals surface area contributed by atoms with E-state index in [0.717, 1.165) is 29.8 Å². The molecule has 0 spiro atoms. The third-order valence-corrected chi connectivity index (χ3v) is 3.73. The smallest absolute Gasteiger partial charge is 0.226 e. The van der Waals surface area contributed by atoms with Gasteiger partial charge < -0.3 is 4.90 Å². The Morgan fingerprint density at radius 1 is 1.33 bits per heavy atom. The van der Waals surface area contributed by atoms with Crippen molar-refractivity contribution in [1.29, 1.82) is 0 Å². The minimum atomic E-state index is 0.200. The van der Waals surface area contributed by atoms with Crippen LogP contribution in [-0.2, 0) is 11.2 Å². The molecule has 1 amide bonds. The van der Waals surface area contributed by atoms with E-state index in [1.165, 1.54) is 11.1 Å². The van der Waals surface area contributed by atoms with Gasteiger partial charge in [0.2, 0.25) is 5.91 Å². The van der Waals surface area contributed by atoms with Crippen molar-refractivity contribution in [3.8, 4) is 0 Å². The topological polar surface area (TPSA) is 20.3 Å². The van der Waals surface area contributed by atoms with Crippen molar-refractivity contribution in [1.82, 2.24) is 0 Å². The molecule has 2 rings (SSSR count). The second-order valence-electron chi connectivity index (χ2n) is 5.56. The molecule has 2 heteroatoms. The van der Waals surface area contributed by atoms with Crippen molar-refractivity contribution in [2.45, 2.75) is 33.6 Å². The van der Waals surface area contributed by atoms with E-state index >= 15 is 0 Å². The summed E-state index contributed by atoms with van der Waals surface area (Å²) in [4.78, 5) is 13.8. The number of allylic oxidation sites excluding steroid dienone is 5. The Morgan fingerprint density at radius 2 is 2.10 bits per heavy atom. The van der Waals surface area contributed by atoms with Crippen LogP contribution in [0.3, 0.4) is 0 Å². The van der Waals surface area contributed by atoms with Crippen molar-refractivity contribution in [2.75, 3.05) is 11.4 Å². The van der Waals surface area contributed by atoms with Gasteiger partial charge in [0.15, 0.2) is 0 Å². The molecular formula is C19H23NO. The molecule has 0 atom stereocenters. The lowest BCUT2D eigenvalue weighted by Gasteiger charge is -2.16.